The first-order valence-corrected chi connectivity index (χ1v) is 9.01. The highest BCUT2D eigenvalue weighted by Crippen LogP contribution is 2.55. The third-order valence-corrected chi connectivity index (χ3v) is 6.23. The van der Waals surface area contributed by atoms with Crippen LogP contribution in [0.2, 0.25) is 0 Å². The topological polar surface area (TPSA) is 9.23 Å². The summed E-state index contributed by atoms with van der Waals surface area (Å²) in [5.41, 5.74) is 3.66. The Bertz CT molecular complexity index is 498. The van der Waals surface area contributed by atoms with Crippen LogP contribution < -0.4 is 4.74 Å². The fourth-order valence-electron chi connectivity index (χ4n) is 5.22. The molecule has 3 atom stereocenters. The van der Waals surface area contributed by atoms with Crippen LogP contribution in [0.3, 0.4) is 0 Å². The summed E-state index contributed by atoms with van der Waals surface area (Å²) in [5, 5.41) is 0. The Hall–Kier alpha value is -0.915. The molecule has 2 aliphatic carbocycles. The summed E-state index contributed by atoms with van der Waals surface area (Å²) in [5.74, 6) is 2.85. The van der Waals surface area contributed by atoms with Crippen LogP contribution in [0.4, 0.5) is 0 Å². The van der Waals surface area contributed by atoms with Crippen molar-refractivity contribution in [2.24, 2.45) is 11.8 Å². The molecule has 3 rings (SSSR count). The maximum Gasteiger partial charge on any atom is 0.150 e. The number of ether oxygens (including phenoxy) is 1. The van der Waals surface area contributed by atoms with Crippen LogP contribution >= 0.6 is 0 Å². The molecule has 1 aromatic carbocycles. The van der Waals surface area contributed by atoms with Gasteiger partial charge in [0.15, 0.2) is 7.85 Å². The lowest BCUT2D eigenvalue weighted by atomic mass is 9.52. The van der Waals surface area contributed by atoms with Crippen LogP contribution in [0, 0.1) is 11.8 Å². The lowest BCUT2D eigenvalue weighted by Gasteiger charge is -2.52. The summed E-state index contributed by atoms with van der Waals surface area (Å²) in [6.07, 6.45) is 9.56. The second-order valence-corrected chi connectivity index (χ2v) is 6.99. The highest BCUT2D eigenvalue weighted by molar-refractivity contribution is 6.08. The SMILES string of the molecule is BCOc1ccc2c(c1)[C@]1(CC)CCCCC1[C@@H](CC)C2. The van der Waals surface area contributed by atoms with E-state index in [0.29, 0.717) is 5.41 Å². The zero-order valence-corrected chi connectivity index (χ0v) is 14.0. The highest BCUT2D eigenvalue weighted by atomic mass is 16.5. The molecule has 0 N–H and O–H groups in total. The molecule has 0 aromatic heterocycles. The van der Waals surface area contributed by atoms with Crippen molar-refractivity contribution in [3.05, 3.63) is 29.3 Å². The standard InChI is InChI=1S/C19H29BO/c1-3-14-11-15-8-9-16(21-13-20)12-18(15)19(4-2)10-6-5-7-17(14)19/h8-9,12,14,17H,3-7,10-11,13,20H2,1-2H3/t14-,17?,19+/m0/s1. The second kappa shape index (κ2) is 6.06. The molecule has 0 aliphatic heterocycles. The Kier molecular flexibility index (Phi) is 4.33. The summed E-state index contributed by atoms with van der Waals surface area (Å²) in [4.78, 5) is 0. The van der Waals surface area contributed by atoms with Gasteiger partial charge in [-0.2, -0.15) is 0 Å². The Balaban J connectivity index is 2.09. The maximum absolute atomic E-state index is 5.79. The van der Waals surface area contributed by atoms with Crippen molar-refractivity contribution in [3.8, 4) is 5.75 Å². The van der Waals surface area contributed by atoms with Gasteiger partial charge in [-0.3, -0.25) is 0 Å². The van der Waals surface area contributed by atoms with Gasteiger partial charge in [0.1, 0.15) is 5.75 Å². The monoisotopic (exact) mass is 284 g/mol. The maximum atomic E-state index is 5.79. The van der Waals surface area contributed by atoms with E-state index in [9.17, 15) is 0 Å². The van der Waals surface area contributed by atoms with Gasteiger partial charge in [-0.1, -0.05) is 39.2 Å². The van der Waals surface area contributed by atoms with Gasteiger partial charge in [-0.05, 0) is 66.2 Å². The van der Waals surface area contributed by atoms with E-state index >= 15 is 0 Å². The van der Waals surface area contributed by atoms with Crippen molar-refractivity contribution >= 4 is 7.85 Å². The lowest BCUT2D eigenvalue weighted by Crippen LogP contribution is -2.46. The van der Waals surface area contributed by atoms with Crippen LogP contribution in [-0.4, -0.2) is 14.4 Å². The molecule has 1 saturated carbocycles. The van der Waals surface area contributed by atoms with E-state index in [1.54, 1.807) is 11.1 Å². The first kappa shape index (κ1) is 15.0. The predicted octanol–water partition coefficient (Wildman–Crippen LogP) is 4.08. The van der Waals surface area contributed by atoms with Crippen molar-refractivity contribution in [2.75, 3.05) is 6.51 Å². The zero-order chi connectivity index (χ0) is 14.9. The third-order valence-electron chi connectivity index (χ3n) is 6.23. The molecule has 2 aliphatic rings. The van der Waals surface area contributed by atoms with Crippen molar-refractivity contribution in [3.63, 3.8) is 0 Å². The van der Waals surface area contributed by atoms with Crippen LogP contribution in [0.15, 0.2) is 18.2 Å². The lowest BCUT2D eigenvalue weighted by molar-refractivity contribution is 0.0953. The summed E-state index contributed by atoms with van der Waals surface area (Å²) < 4.78 is 5.79. The molecular weight excluding hydrogens is 255 g/mol. The van der Waals surface area contributed by atoms with E-state index in [0.717, 1.165) is 24.1 Å². The van der Waals surface area contributed by atoms with Crippen molar-refractivity contribution < 1.29 is 4.74 Å². The average molecular weight is 284 g/mol. The Labute approximate surface area is 130 Å². The van der Waals surface area contributed by atoms with Gasteiger partial charge in [0.2, 0.25) is 0 Å². The van der Waals surface area contributed by atoms with Gasteiger partial charge in [0.05, 0.1) is 6.51 Å². The van der Waals surface area contributed by atoms with E-state index in [1.165, 1.54) is 44.9 Å². The molecule has 0 saturated heterocycles. The molecule has 114 valence electrons. The van der Waals surface area contributed by atoms with Gasteiger partial charge < -0.3 is 4.74 Å². The number of benzene rings is 1. The first-order valence-electron chi connectivity index (χ1n) is 9.01. The van der Waals surface area contributed by atoms with Crippen molar-refractivity contribution in [2.45, 2.75) is 64.2 Å². The Morgan fingerprint density at radius 3 is 2.86 bits per heavy atom. The van der Waals surface area contributed by atoms with Crippen LogP contribution in [0.1, 0.15) is 63.5 Å². The summed E-state index contributed by atoms with van der Waals surface area (Å²) >= 11 is 0. The highest BCUT2D eigenvalue weighted by Gasteiger charge is 2.47. The summed E-state index contributed by atoms with van der Waals surface area (Å²) in [7, 11) is 2.07. The minimum atomic E-state index is 0.430. The molecule has 0 spiro atoms. The normalized spacial score (nSPS) is 31.3. The molecule has 1 fully saturated rings. The predicted molar refractivity (Wildman–Crippen MR) is 91.9 cm³/mol. The second-order valence-electron chi connectivity index (χ2n) is 6.99. The molecule has 0 bridgehead atoms. The van der Waals surface area contributed by atoms with Gasteiger partial charge >= 0.3 is 0 Å². The van der Waals surface area contributed by atoms with Crippen LogP contribution in [-0.2, 0) is 11.8 Å². The Morgan fingerprint density at radius 2 is 2.14 bits per heavy atom. The fraction of sp³-hybridized carbons (Fsp3) is 0.684. The van der Waals surface area contributed by atoms with E-state index in [2.05, 4.69) is 39.9 Å². The fourth-order valence-corrected chi connectivity index (χ4v) is 5.22. The quantitative estimate of drug-likeness (QED) is 0.757. The van der Waals surface area contributed by atoms with Crippen LogP contribution in [0.5, 0.6) is 5.75 Å². The van der Waals surface area contributed by atoms with E-state index in [-0.39, 0.29) is 0 Å². The minimum Gasteiger partial charge on any atom is -0.503 e. The van der Waals surface area contributed by atoms with Crippen molar-refractivity contribution in [1.29, 1.82) is 0 Å². The molecule has 0 amide bonds. The van der Waals surface area contributed by atoms with E-state index in [4.69, 9.17) is 4.74 Å². The molecule has 0 radical (unpaired) electrons. The van der Waals surface area contributed by atoms with Gasteiger partial charge in [0, 0.05) is 0 Å². The molecule has 0 heterocycles. The smallest absolute Gasteiger partial charge is 0.150 e. The molecule has 1 unspecified atom stereocenters. The molecule has 2 heteroatoms. The summed E-state index contributed by atoms with van der Waals surface area (Å²) in [6.45, 7) is 5.56. The third kappa shape index (κ3) is 2.41. The van der Waals surface area contributed by atoms with Gasteiger partial charge in [-0.15, -0.1) is 0 Å². The minimum absolute atomic E-state index is 0.430. The number of rotatable bonds is 4. The number of hydrogen-bond donors (Lipinski definition) is 0. The van der Waals surface area contributed by atoms with E-state index in [1.807, 2.05) is 0 Å². The number of fused-ring (bicyclic) bond motifs is 3. The van der Waals surface area contributed by atoms with Gasteiger partial charge in [-0.25, -0.2) is 0 Å². The van der Waals surface area contributed by atoms with Crippen LogP contribution in [0.25, 0.3) is 0 Å². The van der Waals surface area contributed by atoms with Gasteiger partial charge in [0.25, 0.3) is 0 Å². The molecule has 1 nitrogen and oxygen atoms in total. The molecule has 1 aromatic rings. The van der Waals surface area contributed by atoms with E-state index < -0.39 is 0 Å². The molecular formula is C19H29BO. The largest absolute Gasteiger partial charge is 0.503 e. The average Bonchev–Trinajstić information content (AvgIpc) is 2.54. The molecule has 21 heavy (non-hydrogen) atoms. The zero-order valence-electron chi connectivity index (χ0n) is 14.0. The first-order chi connectivity index (χ1) is 10.2. The Morgan fingerprint density at radius 1 is 1.29 bits per heavy atom. The van der Waals surface area contributed by atoms with Crippen molar-refractivity contribution in [1.82, 2.24) is 0 Å². The number of hydrogen-bond acceptors (Lipinski definition) is 1. The summed E-state index contributed by atoms with van der Waals surface area (Å²) in [6, 6.07) is 6.92.